The number of hydrogen-bond donors (Lipinski definition) is 3. The van der Waals surface area contributed by atoms with Crippen molar-refractivity contribution in [2.45, 2.75) is 12.5 Å². The molecule has 0 spiro atoms. The molecule has 90 valence electrons. The van der Waals surface area contributed by atoms with E-state index in [1.165, 1.54) is 0 Å². The van der Waals surface area contributed by atoms with E-state index >= 15 is 0 Å². The highest BCUT2D eigenvalue weighted by Gasteiger charge is 2.13. The molecule has 1 aromatic heterocycles. The lowest BCUT2D eigenvalue weighted by molar-refractivity contribution is -0.137. The Bertz CT molecular complexity index is 548. The first kappa shape index (κ1) is 11.5. The van der Waals surface area contributed by atoms with Gasteiger partial charge in [-0.05, 0) is 23.6 Å². The average molecular weight is 234 g/mol. The molecule has 5 nitrogen and oxygen atoms in total. The fraction of sp³-hybridized carbons (Fsp3) is 0.250. The van der Waals surface area contributed by atoms with Crippen LogP contribution >= 0.6 is 0 Å². The molecule has 1 heterocycles. The molecule has 1 unspecified atom stereocenters. The second kappa shape index (κ2) is 4.47. The fourth-order valence-corrected chi connectivity index (χ4v) is 1.75. The van der Waals surface area contributed by atoms with Crippen molar-refractivity contribution in [1.29, 1.82) is 0 Å². The number of aliphatic carboxylic acids is 1. The number of aromatic amines is 1. The standard InChI is InChI=1S/C12H14N2O3/c1-17-8-3-2-7-4-11(14-10(7)5-8)9(13)6-12(15)16/h2-5,9,14H,6,13H2,1H3,(H,15,16). The molecule has 5 heteroatoms. The molecule has 0 saturated heterocycles. The molecule has 1 aromatic carbocycles. The third kappa shape index (κ3) is 2.39. The summed E-state index contributed by atoms with van der Waals surface area (Å²) >= 11 is 0. The number of carboxylic acid groups (broad SMARTS) is 1. The number of H-pyrrole nitrogens is 1. The van der Waals surface area contributed by atoms with Crippen molar-refractivity contribution in [1.82, 2.24) is 4.98 Å². The van der Waals surface area contributed by atoms with Gasteiger partial charge in [-0.3, -0.25) is 4.79 Å². The summed E-state index contributed by atoms with van der Waals surface area (Å²) < 4.78 is 5.11. The van der Waals surface area contributed by atoms with Gasteiger partial charge >= 0.3 is 5.97 Å². The van der Waals surface area contributed by atoms with Crippen LogP contribution in [0.3, 0.4) is 0 Å². The Balaban J connectivity index is 2.33. The number of carbonyl (C=O) groups is 1. The van der Waals surface area contributed by atoms with Gasteiger partial charge in [0.1, 0.15) is 5.75 Å². The van der Waals surface area contributed by atoms with Gasteiger partial charge in [0.05, 0.1) is 19.6 Å². The van der Waals surface area contributed by atoms with Gasteiger partial charge in [0, 0.05) is 17.3 Å². The number of fused-ring (bicyclic) bond motifs is 1. The van der Waals surface area contributed by atoms with Gasteiger partial charge in [0.15, 0.2) is 0 Å². The molecule has 0 aliphatic carbocycles. The van der Waals surface area contributed by atoms with Crippen molar-refractivity contribution in [2.24, 2.45) is 5.73 Å². The fourth-order valence-electron chi connectivity index (χ4n) is 1.75. The largest absolute Gasteiger partial charge is 0.497 e. The number of hydrogen-bond acceptors (Lipinski definition) is 3. The number of nitrogens with two attached hydrogens (primary N) is 1. The van der Waals surface area contributed by atoms with Gasteiger partial charge in [-0.1, -0.05) is 0 Å². The maximum Gasteiger partial charge on any atom is 0.305 e. The molecule has 0 aliphatic rings. The Labute approximate surface area is 98.2 Å². The van der Waals surface area contributed by atoms with Crippen LogP contribution in [-0.2, 0) is 4.79 Å². The number of methoxy groups -OCH3 is 1. The van der Waals surface area contributed by atoms with E-state index in [4.69, 9.17) is 15.6 Å². The molecule has 2 rings (SSSR count). The topological polar surface area (TPSA) is 88.3 Å². The van der Waals surface area contributed by atoms with Crippen LogP contribution < -0.4 is 10.5 Å². The zero-order chi connectivity index (χ0) is 12.4. The van der Waals surface area contributed by atoms with Gasteiger partial charge in [0.25, 0.3) is 0 Å². The van der Waals surface area contributed by atoms with E-state index in [1.54, 1.807) is 7.11 Å². The van der Waals surface area contributed by atoms with Gasteiger partial charge in [-0.25, -0.2) is 0 Å². The zero-order valence-electron chi connectivity index (χ0n) is 9.43. The summed E-state index contributed by atoms with van der Waals surface area (Å²) in [5.74, 6) is -0.161. The molecule has 0 bridgehead atoms. The number of benzene rings is 1. The predicted molar refractivity (Wildman–Crippen MR) is 64.0 cm³/mol. The Morgan fingerprint density at radius 1 is 1.53 bits per heavy atom. The number of rotatable bonds is 4. The van der Waals surface area contributed by atoms with Crippen LogP contribution in [0, 0.1) is 0 Å². The number of carboxylic acids is 1. The summed E-state index contributed by atoms with van der Waals surface area (Å²) in [7, 11) is 1.60. The van der Waals surface area contributed by atoms with Crippen LogP contribution in [0.2, 0.25) is 0 Å². The van der Waals surface area contributed by atoms with Crippen molar-refractivity contribution in [3.05, 3.63) is 30.0 Å². The summed E-state index contributed by atoms with van der Waals surface area (Å²) in [6, 6.07) is 6.95. The minimum atomic E-state index is -0.909. The number of ether oxygens (including phenoxy) is 1. The molecule has 0 radical (unpaired) electrons. The summed E-state index contributed by atoms with van der Waals surface area (Å²) in [5.41, 5.74) is 7.39. The molecular weight excluding hydrogens is 220 g/mol. The van der Waals surface area contributed by atoms with Gasteiger partial charge in [-0.15, -0.1) is 0 Å². The van der Waals surface area contributed by atoms with Crippen molar-refractivity contribution in [3.8, 4) is 5.75 Å². The molecule has 0 aliphatic heterocycles. The highest BCUT2D eigenvalue weighted by Crippen LogP contribution is 2.24. The number of aromatic nitrogens is 1. The molecule has 0 amide bonds. The summed E-state index contributed by atoms with van der Waals surface area (Å²) in [6.45, 7) is 0. The highest BCUT2D eigenvalue weighted by molar-refractivity contribution is 5.82. The Hall–Kier alpha value is -2.01. The van der Waals surface area contributed by atoms with E-state index in [0.717, 1.165) is 22.3 Å². The normalized spacial score (nSPS) is 12.6. The zero-order valence-corrected chi connectivity index (χ0v) is 9.43. The summed E-state index contributed by atoms with van der Waals surface area (Å²) in [5, 5.41) is 9.68. The van der Waals surface area contributed by atoms with E-state index in [-0.39, 0.29) is 6.42 Å². The van der Waals surface area contributed by atoms with Crippen LogP contribution in [0.5, 0.6) is 5.75 Å². The van der Waals surface area contributed by atoms with E-state index in [9.17, 15) is 4.79 Å². The average Bonchev–Trinajstić information content (AvgIpc) is 2.70. The summed E-state index contributed by atoms with van der Waals surface area (Å²) in [4.78, 5) is 13.7. The van der Waals surface area contributed by atoms with Crippen molar-refractivity contribution in [2.75, 3.05) is 7.11 Å². The maximum atomic E-state index is 10.6. The molecule has 2 aromatic rings. The van der Waals surface area contributed by atoms with Crippen molar-refractivity contribution in [3.63, 3.8) is 0 Å². The van der Waals surface area contributed by atoms with E-state index < -0.39 is 12.0 Å². The Kier molecular flexibility index (Phi) is 3.01. The molecule has 17 heavy (non-hydrogen) atoms. The second-order valence-electron chi connectivity index (χ2n) is 3.88. The maximum absolute atomic E-state index is 10.6. The van der Waals surface area contributed by atoms with E-state index in [1.807, 2.05) is 24.3 Å². The summed E-state index contributed by atoms with van der Waals surface area (Å²) in [6.07, 6.45) is -0.0933. The predicted octanol–water partition coefficient (Wildman–Crippen LogP) is 1.65. The third-order valence-corrected chi connectivity index (χ3v) is 2.64. The van der Waals surface area contributed by atoms with Crippen LogP contribution in [0.1, 0.15) is 18.2 Å². The quantitative estimate of drug-likeness (QED) is 0.750. The molecule has 4 N–H and O–H groups in total. The molecule has 0 fully saturated rings. The van der Waals surface area contributed by atoms with E-state index in [0.29, 0.717) is 0 Å². The lowest BCUT2D eigenvalue weighted by Crippen LogP contribution is -2.15. The molecule has 1 atom stereocenters. The van der Waals surface area contributed by atoms with Crippen LogP contribution in [0.4, 0.5) is 0 Å². The lowest BCUT2D eigenvalue weighted by atomic mass is 10.1. The van der Waals surface area contributed by atoms with Crippen LogP contribution in [-0.4, -0.2) is 23.2 Å². The van der Waals surface area contributed by atoms with E-state index in [2.05, 4.69) is 4.98 Å². The smallest absolute Gasteiger partial charge is 0.305 e. The van der Waals surface area contributed by atoms with Gasteiger partial charge < -0.3 is 20.6 Å². The third-order valence-electron chi connectivity index (χ3n) is 2.64. The lowest BCUT2D eigenvalue weighted by Gasteiger charge is -2.05. The monoisotopic (exact) mass is 234 g/mol. The Morgan fingerprint density at radius 3 is 2.94 bits per heavy atom. The van der Waals surface area contributed by atoms with Crippen LogP contribution in [0.25, 0.3) is 10.9 Å². The number of nitrogens with one attached hydrogen (secondary N) is 1. The van der Waals surface area contributed by atoms with Crippen molar-refractivity contribution < 1.29 is 14.6 Å². The van der Waals surface area contributed by atoms with Gasteiger partial charge in [0.2, 0.25) is 0 Å². The minimum Gasteiger partial charge on any atom is -0.497 e. The SMILES string of the molecule is COc1ccc2cc(C(N)CC(=O)O)[nH]c2c1. The first-order chi connectivity index (χ1) is 8.10. The highest BCUT2D eigenvalue weighted by atomic mass is 16.5. The van der Waals surface area contributed by atoms with Crippen molar-refractivity contribution >= 4 is 16.9 Å². The Morgan fingerprint density at radius 2 is 2.29 bits per heavy atom. The minimum absolute atomic E-state index is 0.0933. The second-order valence-corrected chi connectivity index (χ2v) is 3.88. The first-order valence-electron chi connectivity index (χ1n) is 5.24. The van der Waals surface area contributed by atoms with Crippen LogP contribution in [0.15, 0.2) is 24.3 Å². The first-order valence-corrected chi connectivity index (χ1v) is 5.24. The molecular formula is C12H14N2O3. The van der Waals surface area contributed by atoms with Gasteiger partial charge in [-0.2, -0.15) is 0 Å². The molecule has 0 saturated carbocycles.